The Morgan fingerprint density at radius 1 is 0.864 bits per heavy atom. The molecule has 4 atom stereocenters. The molecule has 4 rings (SSSR count). The van der Waals surface area contributed by atoms with Crippen LogP contribution in [0.15, 0.2) is 46.1 Å². The number of aromatic nitrogens is 2. The Morgan fingerprint density at radius 2 is 1.41 bits per heavy atom. The number of hydrogen-bond acceptors (Lipinski definition) is 7. The highest BCUT2D eigenvalue weighted by Gasteiger charge is 2.61. The molecule has 44 heavy (non-hydrogen) atoms. The summed E-state index contributed by atoms with van der Waals surface area (Å²) in [7, 11) is -5.65. The van der Waals surface area contributed by atoms with Crippen LogP contribution < -0.4 is 11.2 Å². The molecule has 2 aliphatic heterocycles. The lowest BCUT2D eigenvalue weighted by Crippen LogP contribution is -2.65. The highest BCUT2D eigenvalue weighted by atomic mass is 28.5. The van der Waals surface area contributed by atoms with Crippen molar-refractivity contribution in [2.45, 2.75) is 129 Å². The molecule has 1 aromatic carbocycles. The third-order valence-corrected chi connectivity index (χ3v) is 19.7. The molecular formula is C33H52N2O7Si2. The Bertz CT molecular complexity index is 1440. The van der Waals surface area contributed by atoms with Gasteiger partial charge in [0.05, 0.1) is 12.7 Å². The van der Waals surface area contributed by atoms with Gasteiger partial charge in [-0.15, -0.1) is 0 Å². The molecule has 244 valence electrons. The zero-order chi connectivity index (χ0) is 32.9. The molecule has 1 aromatic heterocycles. The number of rotatable bonds is 6. The van der Waals surface area contributed by atoms with E-state index in [1.807, 2.05) is 19.1 Å². The Balaban J connectivity index is 1.75. The highest BCUT2D eigenvalue weighted by molar-refractivity contribution is 6.84. The second-order valence-corrected chi connectivity index (χ2v) is 23.6. The summed E-state index contributed by atoms with van der Waals surface area (Å²) in [5, 5.41) is 0. The van der Waals surface area contributed by atoms with Crippen molar-refractivity contribution in [2.75, 3.05) is 6.61 Å². The molecule has 11 heteroatoms. The Kier molecular flexibility index (Phi) is 9.91. The van der Waals surface area contributed by atoms with Crippen LogP contribution in [0.25, 0.3) is 0 Å². The van der Waals surface area contributed by atoms with Crippen LogP contribution >= 0.6 is 0 Å². The first-order valence-corrected chi connectivity index (χ1v) is 20.0. The maximum absolute atomic E-state index is 13.9. The standard InChI is InChI=1S/C33H52N2O7Si2/c1-20(2)43(21(3)4)39-19-27-29(41-44(42-43,22(5)6)23(7)8)24(9)31(40-27)34-18-17-28(36)35(32(34)38)30(37)25-13-15-26(16-14-25)33(10,11)12/h13-18,20-24,27,29,31H,19H2,1-12H3/t24-,27+,29-,31+/m0/s1. The van der Waals surface area contributed by atoms with E-state index in [1.165, 1.54) is 16.8 Å². The molecule has 2 aliphatic rings. The molecule has 0 bridgehead atoms. The molecule has 0 amide bonds. The van der Waals surface area contributed by atoms with E-state index in [4.69, 9.17) is 17.7 Å². The van der Waals surface area contributed by atoms with E-state index in [-0.39, 0.29) is 45.7 Å². The smallest absolute Gasteiger partial charge is 0.340 e. The summed E-state index contributed by atoms with van der Waals surface area (Å²) < 4.78 is 30.0. The zero-order valence-corrected chi connectivity index (χ0v) is 30.5. The first kappa shape index (κ1) is 34.7. The van der Waals surface area contributed by atoms with Crippen molar-refractivity contribution in [1.82, 2.24) is 9.13 Å². The predicted octanol–water partition coefficient (Wildman–Crippen LogP) is 6.49. The summed E-state index contributed by atoms with van der Waals surface area (Å²) >= 11 is 0. The summed E-state index contributed by atoms with van der Waals surface area (Å²) in [4.78, 5) is 40.3. The van der Waals surface area contributed by atoms with Crippen LogP contribution in [0.4, 0.5) is 0 Å². The fourth-order valence-electron chi connectivity index (χ4n) is 6.77. The molecule has 3 heterocycles. The van der Waals surface area contributed by atoms with Crippen molar-refractivity contribution < 1.29 is 22.5 Å². The minimum absolute atomic E-state index is 0.0999. The van der Waals surface area contributed by atoms with Gasteiger partial charge in [-0.05, 0) is 45.3 Å². The summed E-state index contributed by atoms with van der Waals surface area (Å²) in [6, 6.07) is 8.28. The van der Waals surface area contributed by atoms with Crippen LogP contribution in [0.5, 0.6) is 0 Å². The van der Waals surface area contributed by atoms with Crippen molar-refractivity contribution in [2.24, 2.45) is 5.92 Å². The van der Waals surface area contributed by atoms with E-state index in [0.29, 0.717) is 4.57 Å². The van der Waals surface area contributed by atoms with Gasteiger partial charge < -0.3 is 17.7 Å². The first-order valence-electron chi connectivity index (χ1n) is 16.0. The first-order chi connectivity index (χ1) is 20.4. The van der Waals surface area contributed by atoms with Crippen LogP contribution in [0.3, 0.4) is 0 Å². The van der Waals surface area contributed by atoms with E-state index in [9.17, 15) is 14.4 Å². The van der Waals surface area contributed by atoms with E-state index >= 15 is 0 Å². The number of fused-ring (bicyclic) bond motifs is 1. The second-order valence-electron chi connectivity index (χ2n) is 14.8. The monoisotopic (exact) mass is 644 g/mol. The number of ether oxygens (including phenoxy) is 1. The molecular weight excluding hydrogens is 593 g/mol. The lowest BCUT2D eigenvalue weighted by molar-refractivity contribution is -0.0574. The average molecular weight is 645 g/mol. The number of benzene rings is 1. The molecule has 0 saturated carbocycles. The van der Waals surface area contributed by atoms with E-state index < -0.39 is 52.7 Å². The third kappa shape index (κ3) is 6.03. The van der Waals surface area contributed by atoms with Crippen LogP contribution in [-0.2, 0) is 23.1 Å². The van der Waals surface area contributed by atoms with Crippen molar-refractivity contribution in [3.8, 4) is 0 Å². The highest BCUT2D eigenvalue weighted by Crippen LogP contribution is 2.49. The van der Waals surface area contributed by atoms with Crippen LogP contribution in [0.2, 0.25) is 22.2 Å². The molecule has 9 nitrogen and oxygen atoms in total. The number of nitrogens with zero attached hydrogens (tertiary/aromatic N) is 2. The molecule has 0 spiro atoms. The zero-order valence-electron chi connectivity index (χ0n) is 28.5. The normalized spacial score (nSPS) is 25.4. The molecule has 0 unspecified atom stereocenters. The van der Waals surface area contributed by atoms with Crippen LogP contribution in [0.1, 0.15) is 105 Å². The van der Waals surface area contributed by atoms with Crippen molar-refractivity contribution in [3.05, 3.63) is 68.5 Å². The molecule has 2 fully saturated rings. The lowest BCUT2D eigenvalue weighted by atomic mass is 9.87. The Morgan fingerprint density at radius 3 is 1.91 bits per heavy atom. The number of hydrogen-bond donors (Lipinski definition) is 0. The Hall–Kier alpha value is -2.16. The number of carbonyl (C=O) groups is 1. The van der Waals surface area contributed by atoms with Gasteiger partial charge in [0.15, 0.2) is 0 Å². The van der Waals surface area contributed by atoms with Gasteiger partial charge in [-0.1, -0.05) is 95.2 Å². The molecule has 0 N–H and O–H groups in total. The second kappa shape index (κ2) is 12.6. The minimum Gasteiger partial charge on any atom is -0.414 e. The van der Waals surface area contributed by atoms with Gasteiger partial charge in [0.2, 0.25) is 0 Å². The summed E-state index contributed by atoms with van der Waals surface area (Å²) in [6.07, 6.45) is -0.176. The third-order valence-electron chi connectivity index (χ3n) is 9.47. The largest absolute Gasteiger partial charge is 0.414 e. The van der Waals surface area contributed by atoms with Gasteiger partial charge in [-0.3, -0.25) is 14.2 Å². The van der Waals surface area contributed by atoms with E-state index in [2.05, 4.69) is 76.2 Å². The van der Waals surface area contributed by atoms with Gasteiger partial charge in [0.25, 0.3) is 11.5 Å². The SMILES string of the molecule is CC(C)[Si]1(C(C)C)OC[C@H]2O[C@@H](n3ccc(=O)n(C(=O)c4ccc(C(C)(C)C)cc4)c3=O)[C@@H](C)[C@@H]2O[Si](C(C)C)(C(C)C)O1. The van der Waals surface area contributed by atoms with Crippen molar-refractivity contribution in [1.29, 1.82) is 0 Å². The van der Waals surface area contributed by atoms with E-state index in [0.717, 1.165) is 5.56 Å². The fourth-order valence-corrected chi connectivity index (χ4v) is 18.1. The molecule has 2 saturated heterocycles. The maximum Gasteiger partial charge on any atom is 0.340 e. The topological polar surface area (TPSA) is 98.0 Å². The van der Waals surface area contributed by atoms with Crippen molar-refractivity contribution in [3.63, 3.8) is 0 Å². The maximum atomic E-state index is 13.9. The molecule has 2 aromatic rings. The minimum atomic E-state index is -2.89. The Labute approximate surface area is 264 Å². The van der Waals surface area contributed by atoms with Crippen LogP contribution in [0, 0.1) is 5.92 Å². The van der Waals surface area contributed by atoms with E-state index in [1.54, 1.807) is 12.1 Å². The average Bonchev–Trinajstić information content (AvgIpc) is 3.21. The van der Waals surface area contributed by atoms with Gasteiger partial charge >= 0.3 is 22.8 Å². The predicted molar refractivity (Wildman–Crippen MR) is 177 cm³/mol. The fraction of sp³-hybridized carbons (Fsp3) is 0.667. The van der Waals surface area contributed by atoms with Gasteiger partial charge in [-0.25, -0.2) is 4.79 Å². The summed E-state index contributed by atoms with van der Waals surface area (Å²) in [5.41, 5.74) is 0.459. The van der Waals surface area contributed by atoms with Gasteiger partial charge in [-0.2, -0.15) is 4.57 Å². The quantitative estimate of drug-likeness (QED) is 0.332. The van der Waals surface area contributed by atoms with Gasteiger partial charge in [0.1, 0.15) is 12.3 Å². The van der Waals surface area contributed by atoms with Crippen LogP contribution in [-0.4, -0.2) is 51.0 Å². The van der Waals surface area contributed by atoms with Gasteiger partial charge in [0, 0.05) is 23.7 Å². The summed E-state index contributed by atoms with van der Waals surface area (Å²) in [5.74, 6) is -0.955. The molecule has 0 radical (unpaired) electrons. The summed E-state index contributed by atoms with van der Waals surface area (Å²) in [6.45, 7) is 25.9. The van der Waals surface area contributed by atoms with Crippen molar-refractivity contribution >= 4 is 23.0 Å². The molecule has 0 aliphatic carbocycles. The number of carbonyl (C=O) groups excluding carboxylic acids is 1. The lowest BCUT2D eigenvalue weighted by Gasteiger charge is -2.51.